The second-order valence-electron chi connectivity index (χ2n) is 3.67. The van der Waals surface area contributed by atoms with Crippen molar-refractivity contribution in [3.05, 3.63) is 18.3 Å². The van der Waals surface area contributed by atoms with Gasteiger partial charge in [0.25, 0.3) is 0 Å². The fourth-order valence-corrected chi connectivity index (χ4v) is 0.978. The molecule has 1 atom stereocenters. The number of nitrogen functional groups attached to an aromatic ring is 1. The lowest BCUT2D eigenvalue weighted by molar-refractivity contribution is 0.326. The summed E-state index contributed by atoms with van der Waals surface area (Å²) in [5.74, 6) is 0.832. The van der Waals surface area contributed by atoms with Crippen LogP contribution in [0.1, 0.15) is 6.92 Å². The minimum atomic E-state index is 0.471. The molecule has 0 spiro atoms. The van der Waals surface area contributed by atoms with E-state index in [2.05, 4.69) is 36.2 Å². The van der Waals surface area contributed by atoms with Crippen LogP contribution < -0.4 is 11.1 Å². The smallest absolute Gasteiger partial charge is 0.127 e. The molecule has 0 aliphatic heterocycles. The first-order chi connectivity index (χ1) is 6.59. The summed E-state index contributed by atoms with van der Waals surface area (Å²) in [5, 5.41) is 3.23. The Morgan fingerprint density at radius 3 is 2.86 bits per heavy atom. The fourth-order valence-electron chi connectivity index (χ4n) is 0.978. The average molecular weight is 194 g/mol. The maximum absolute atomic E-state index is 5.63. The van der Waals surface area contributed by atoms with Crippen LogP contribution in [-0.4, -0.2) is 36.6 Å². The second kappa shape index (κ2) is 4.81. The number of likely N-dealkylation sites (N-methyl/N-ethyl adjacent to an activating group) is 1. The van der Waals surface area contributed by atoms with Gasteiger partial charge in [-0.25, -0.2) is 4.98 Å². The maximum atomic E-state index is 5.63. The van der Waals surface area contributed by atoms with E-state index in [1.807, 2.05) is 6.07 Å². The van der Waals surface area contributed by atoms with Crippen LogP contribution in [0, 0.1) is 0 Å². The molecule has 0 radical (unpaired) electrons. The summed E-state index contributed by atoms with van der Waals surface area (Å²) in [4.78, 5) is 6.31. The molecule has 4 nitrogen and oxygen atoms in total. The standard InChI is InChI=1S/C10H18N4/c1-8(14(2)3)7-13-10-6-9(11)4-5-12-10/h4-6,8H,7H2,1-3H3,(H3,11,12,13). The molecule has 0 aliphatic rings. The van der Waals surface area contributed by atoms with Crippen molar-refractivity contribution in [2.75, 3.05) is 31.7 Å². The van der Waals surface area contributed by atoms with E-state index in [0.29, 0.717) is 6.04 Å². The molecule has 0 amide bonds. The lowest BCUT2D eigenvalue weighted by atomic mass is 10.3. The number of aromatic nitrogens is 1. The molecule has 1 unspecified atom stereocenters. The van der Waals surface area contributed by atoms with E-state index in [-0.39, 0.29) is 0 Å². The van der Waals surface area contributed by atoms with Gasteiger partial charge in [0.1, 0.15) is 5.82 Å². The van der Waals surface area contributed by atoms with Gasteiger partial charge in [-0.3, -0.25) is 0 Å². The van der Waals surface area contributed by atoms with Gasteiger partial charge >= 0.3 is 0 Å². The zero-order valence-electron chi connectivity index (χ0n) is 8.99. The predicted octanol–water partition coefficient (Wildman–Crippen LogP) is 1.03. The molecular formula is C10H18N4. The van der Waals surface area contributed by atoms with Gasteiger partial charge in [-0.2, -0.15) is 0 Å². The van der Waals surface area contributed by atoms with Crippen molar-refractivity contribution in [3.63, 3.8) is 0 Å². The van der Waals surface area contributed by atoms with Gasteiger partial charge in [0.2, 0.25) is 0 Å². The van der Waals surface area contributed by atoms with E-state index in [9.17, 15) is 0 Å². The van der Waals surface area contributed by atoms with E-state index in [1.54, 1.807) is 12.3 Å². The number of nitrogens with two attached hydrogens (primary N) is 1. The minimum absolute atomic E-state index is 0.471. The first kappa shape index (κ1) is 10.8. The first-order valence-corrected chi connectivity index (χ1v) is 4.71. The van der Waals surface area contributed by atoms with Crippen LogP contribution in [0.3, 0.4) is 0 Å². The van der Waals surface area contributed by atoms with Gasteiger partial charge < -0.3 is 16.0 Å². The van der Waals surface area contributed by atoms with Gasteiger partial charge in [0.05, 0.1) is 0 Å². The van der Waals surface area contributed by atoms with Crippen LogP contribution >= 0.6 is 0 Å². The van der Waals surface area contributed by atoms with Crippen LogP contribution in [-0.2, 0) is 0 Å². The molecule has 1 heterocycles. The number of anilines is 2. The van der Waals surface area contributed by atoms with Crippen LogP contribution in [0.2, 0.25) is 0 Å². The van der Waals surface area contributed by atoms with Crippen molar-refractivity contribution in [2.24, 2.45) is 0 Å². The summed E-state index contributed by atoms with van der Waals surface area (Å²) in [7, 11) is 4.11. The molecule has 0 bridgehead atoms. The van der Waals surface area contributed by atoms with E-state index in [1.165, 1.54) is 0 Å². The normalized spacial score (nSPS) is 12.9. The molecule has 4 heteroatoms. The molecule has 0 fully saturated rings. The summed E-state index contributed by atoms with van der Waals surface area (Å²) in [6.07, 6.45) is 1.71. The highest BCUT2D eigenvalue weighted by Gasteiger charge is 2.03. The Morgan fingerprint density at radius 2 is 2.29 bits per heavy atom. The van der Waals surface area contributed by atoms with Crippen LogP contribution in [0.25, 0.3) is 0 Å². The molecule has 0 saturated heterocycles. The first-order valence-electron chi connectivity index (χ1n) is 4.71. The second-order valence-corrected chi connectivity index (χ2v) is 3.67. The summed E-state index contributed by atoms with van der Waals surface area (Å²) in [5.41, 5.74) is 6.37. The van der Waals surface area contributed by atoms with Crippen molar-refractivity contribution >= 4 is 11.5 Å². The molecule has 1 rings (SSSR count). The number of pyridine rings is 1. The zero-order valence-corrected chi connectivity index (χ0v) is 8.99. The molecule has 1 aromatic rings. The van der Waals surface area contributed by atoms with Gasteiger partial charge in [-0.15, -0.1) is 0 Å². The van der Waals surface area contributed by atoms with Crippen molar-refractivity contribution in [1.82, 2.24) is 9.88 Å². The molecule has 0 aliphatic carbocycles. The number of hydrogen-bond acceptors (Lipinski definition) is 4. The molecule has 14 heavy (non-hydrogen) atoms. The summed E-state index contributed by atoms with van der Waals surface area (Å²) in [6, 6.07) is 4.08. The topological polar surface area (TPSA) is 54.2 Å². The van der Waals surface area contributed by atoms with Crippen LogP contribution in [0.5, 0.6) is 0 Å². The van der Waals surface area contributed by atoms with E-state index < -0.39 is 0 Å². The third kappa shape index (κ3) is 3.22. The van der Waals surface area contributed by atoms with E-state index >= 15 is 0 Å². The Kier molecular flexibility index (Phi) is 3.71. The third-order valence-electron chi connectivity index (χ3n) is 2.24. The number of rotatable bonds is 4. The summed E-state index contributed by atoms with van der Waals surface area (Å²) < 4.78 is 0. The Balaban J connectivity index is 2.45. The molecule has 0 aromatic carbocycles. The third-order valence-corrected chi connectivity index (χ3v) is 2.24. The number of nitrogens with one attached hydrogen (secondary N) is 1. The van der Waals surface area contributed by atoms with E-state index in [4.69, 9.17) is 5.73 Å². The average Bonchev–Trinajstić information content (AvgIpc) is 2.14. The van der Waals surface area contributed by atoms with Gasteiger partial charge in [-0.1, -0.05) is 0 Å². The fraction of sp³-hybridized carbons (Fsp3) is 0.500. The predicted molar refractivity (Wildman–Crippen MR) is 60.3 cm³/mol. The monoisotopic (exact) mass is 194 g/mol. The van der Waals surface area contributed by atoms with Crippen molar-refractivity contribution in [3.8, 4) is 0 Å². The quantitative estimate of drug-likeness (QED) is 0.751. The Hall–Kier alpha value is -1.29. The zero-order chi connectivity index (χ0) is 10.6. The van der Waals surface area contributed by atoms with Crippen molar-refractivity contribution in [1.29, 1.82) is 0 Å². The molecule has 0 saturated carbocycles. The van der Waals surface area contributed by atoms with Gasteiger partial charge in [0, 0.05) is 30.5 Å². The van der Waals surface area contributed by atoms with Gasteiger partial charge in [-0.05, 0) is 27.1 Å². The molecule has 78 valence electrons. The van der Waals surface area contributed by atoms with Crippen molar-refractivity contribution < 1.29 is 0 Å². The minimum Gasteiger partial charge on any atom is -0.399 e. The van der Waals surface area contributed by atoms with E-state index in [0.717, 1.165) is 18.1 Å². The number of nitrogens with zero attached hydrogens (tertiary/aromatic N) is 2. The highest BCUT2D eigenvalue weighted by Crippen LogP contribution is 2.07. The molecular weight excluding hydrogens is 176 g/mol. The highest BCUT2D eigenvalue weighted by molar-refractivity contribution is 5.48. The SMILES string of the molecule is CC(CNc1cc(N)ccn1)N(C)C. The maximum Gasteiger partial charge on any atom is 0.127 e. The summed E-state index contributed by atoms with van der Waals surface area (Å²) >= 11 is 0. The molecule has 3 N–H and O–H groups in total. The van der Waals surface area contributed by atoms with Crippen LogP contribution in [0.4, 0.5) is 11.5 Å². The van der Waals surface area contributed by atoms with Crippen LogP contribution in [0.15, 0.2) is 18.3 Å². The Morgan fingerprint density at radius 1 is 1.57 bits per heavy atom. The highest BCUT2D eigenvalue weighted by atomic mass is 15.1. The largest absolute Gasteiger partial charge is 0.399 e. The summed E-state index contributed by atoms with van der Waals surface area (Å²) in [6.45, 7) is 3.02. The number of hydrogen-bond donors (Lipinski definition) is 2. The lowest BCUT2D eigenvalue weighted by Crippen LogP contribution is -2.31. The van der Waals surface area contributed by atoms with Gasteiger partial charge in [0.15, 0.2) is 0 Å². The Bertz CT molecular complexity index is 285. The molecule has 1 aromatic heterocycles. The Labute approximate surface area is 85.1 Å². The van der Waals surface area contributed by atoms with Crippen molar-refractivity contribution in [2.45, 2.75) is 13.0 Å². The lowest BCUT2D eigenvalue weighted by Gasteiger charge is -2.20.